The Kier molecular flexibility index (Phi) is 6.82. The molecule has 7 heteroatoms. The van der Waals surface area contributed by atoms with Gasteiger partial charge in [-0.2, -0.15) is 0 Å². The molecular formula is C22H30N3O4+. The molecule has 2 aromatic rings. The van der Waals surface area contributed by atoms with Crippen LogP contribution in [0.1, 0.15) is 17.3 Å². The van der Waals surface area contributed by atoms with Gasteiger partial charge in [-0.15, -0.1) is 0 Å². The topological polar surface area (TPSA) is 64.5 Å². The molecule has 1 aliphatic rings. The van der Waals surface area contributed by atoms with Gasteiger partial charge in [-0.3, -0.25) is 4.79 Å². The highest BCUT2D eigenvalue weighted by Gasteiger charge is 2.19. The molecule has 1 aliphatic heterocycles. The van der Waals surface area contributed by atoms with Crippen LogP contribution in [0.3, 0.4) is 0 Å². The van der Waals surface area contributed by atoms with Crippen LogP contribution in [-0.4, -0.2) is 60.0 Å². The molecule has 2 N–H and O–H groups in total. The first-order chi connectivity index (χ1) is 14.1. The highest BCUT2D eigenvalue weighted by atomic mass is 16.5. The van der Waals surface area contributed by atoms with E-state index in [2.05, 4.69) is 29.3 Å². The lowest BCUT2D eigenvalue weighted by Crippen LogP contribution is -3.14. The van der Waals surface area contributed by atoms with Crippen LogP contribution in [0, 0.1) is 0 Å². The van der Waals surface area contributed by atoms with Crippen LogP contribution in [0.15, 0.2) is 36.4 Å². The molecule has 0 unspecified atom stereocenters. The molecule has 1 heterocycles. The Morgan fingerprint density at radius 1 is 1.00 bits per heavy atom. The zero-order valence-corrected chi connectivity index (χ0v) is 17.6. The number of methoxy groups -OCH3 is 3. The normalized spacial score (nSPS) is 14.4. The summed E-state index contributed by atoms with van der Waals surface area (Å²) in [5.74, 6) is 1.11. The van der Waals surface area contributed by atoms with E-state index in [9.17, 15) is 4.79 Å². The van der Waals surface area contributed by atoms with E-state index < -0.39 is 0 Å². The SMILES string of the molecule is CC[NH+]1CCN(c2ccc(NC(=O)c3cc(OC)c(OC)c(OC)c3)cc2)CC1. The molecule has 0 spiro atoms. The summed E-state index contributed by atoms with van der Waals surface area (Å²) in [5, 5.41) is 2.93. The lowest BCUT2D eigenvalue weighted by Gasteiger charge is -2.33. The second kappa shape index (κ2) is 9.52. The maximum absolute atomic E-state index is 12.7. The number of likely N-dealkylation sites (N-methyl/N-ethyl adjacent to an activating group) is 1. The van der Waals surface area contributed by atoms with Crippen molar-refractivity contribution in [1.29, 1.82) is 0 Å². The summed E-state index contributed by atoms with van der Waals surface area (Å²) in [6.07, 6.45) is 0. The van der Waals surface area contributed by atoms with Gasteiger partial charge in [0.25, 0.3) is 5.91 Å². The lowest BCUT2D eigenvalue weighted by atomic mass is 10.1. The summed E-state index contributed by atoms with van der Waals surface area (Å²) in [7, 11) is 4.59. The van der Waals surface area contributed by atoms with Gasteiger partial charge in [-0.25, -0.2) is 0 Å². The fourth-order valence-corrected chi connectivity index (χ4v) is 3.61. The summed E-state index contributed by atoms with van der Waals surface area (Å²) >= 11 is 0. The number of nitrogens with zero attached hydrogens (tertiary/aromatic N) is 1. The molecule has 1 fully saturated rings. The summed E-state index contributed by atoms with van der Waals surface area (Å²) in [5.41, 5.74) is 2.36. The van der Waals surface area contributed by atoms with Gasteiger partial charge in [-0.05, 0) is 43.3 Å². The number of carbonyl (C=O) groups excluding carboxylic acids is 1. The number of rotatable bonds is 7. The number of benzene rings is 2. The molecule has 1 saturated heterocycles. The predicted octanol–water partition coefficient (Wildman–Crippen LogP) is 1.69. The smallest absolute Gasteiger partial charge is 0.255 e. The van der Waals surface area contributed by atoms with Crippen molar-refractivity contribution < 1.29 is 23.9 Å². The number of piperazine rings is 1. The van der Waals surface area contributed by atoms with Gasteiger partial charge in [0.15, 0.2) is 11.5 Å². The van der Waals surface area contributed by atoms with Crippen molar-refractivity contribution in [3.8, 4) is 17.2 Å². The van der Waals surface area contributed by atoms with Crippen LogP contribution in [0.25, 0.3) is 0 Å². The maximum atomic E-state index is 12.7. The lowest BCUT2D eigenvalue weighted by molar-refractivity contribution is -0.898. The Morgan fingerprint density at radius 3 is 2.07 bits per heavy atom. The monoisotopic (exact) mass is 400 g/mol. The molecular weight excluding hydrogens is 370 g/mol. The summed E-state index contributed by atoms with van der Waals surface area (Å²) in [6, 6.07) is 11.3. The van der Waals surface area contributed by atoms with Gasteiger partial charge >= 0.3 is 0 Å². The third-order valence-corrected chi connectivity index (χ3v) is 5.39. The quantitative estimate of drug-likeness (QED) is 0.741. The maximum Gasteiger partial charge on any atom is 0.255 e. The van der Waals surface area contributed by atoms with Crippen LogP contribution in [0.4, 0.5) is 11.4 Å². The number of anilines is 2. The van der Waals surface area contributed by atoms with Crippen LogP contribution >= 0.6 is 0 Å². The van der Waals surface area contributed by atoms with Crippen LogP contribution < -0.4 is 29.3 Å². The van der Waals surface area contributed by atoms with E-state index in [-0.39, 0.29) is 5.91 Å². The van der Waals surface area contributed by atoms with E-state index in [0.717, 1.165) is 31.9 Å². The number of carbonyl (C=O) groups is 1. The average molecular weight is 400 g/mol. The van der Waals surface area contributed by atoms with Crippen LogP contribution in [0.5, 0.6) is 17.2 Å². The Labute approximate surface area is 172 Å². The highest BCUT2D eigenvalue weighted by molar-refractivity contribution is 6.05. The fourth-order valence-electron chi connectivity index (χ4n) is 3.61. The molecule has 0 atom stereocenters. The summed E-state index contributed by atoms with van der Waals surface area (Å²) < 4.78 is 16.0. The Morgan fingerprint density at radius 2 is 1.59 bits per heavy atom. The average Bonchev–Trinajstić information content (AvgIpc) is 2.78. The second-order valence-corrected chi connectivity index (χ2v) is 7.01. The highest BCUT2D eigenvalue weighted by Crippen LogP contribution is 2.38. The first-order valence-electron chi connectivity index (χ1n) is 9.89. The van der Waals surface area contributed by atoms with E-state index in [1.165, 1.54) is 33.6 Å². The molecule has 0 aliphatic carbocycles. The number of ether oxygens (including phenoxy) is 3. The fraction of sp³-hybridized carbons (Fsp3) is 0.409. The molecule has 156 valence electrons. The number of hydrogen-bond donors (Lipinski definition) is 2. The van der Waals surface area contributed by atoms with Crippen molar-refractivity contribution in [3.63, 3.8) is 0 Å². The number of nitrogens with one attached hydrogen (secondary N) is 2. The van der Waals surface area contributed by atoms with Gasteiger partial charge in [0, 0.05) is 16.9 Å². The molecule has 0 bridgehead atoms. The number of amides is 1. The van der Waals surface area contributed by atoms with Crippen molar-refractivity contribution in [2.75, 3.05) is 64.3 Å². The molecule has 3 rings (SSSR count). The zero-order chi connectivity index (χ0) is 20.8. The van der Waals surface area contributed by atoms with Crippen molar-refractivity contribution >= 4 is 17.3 Å². The first kappa shape index (κ1) is 20.8. The van der Waals surface area contributed by atoms with Crippen LogP contribution in [-0.2, 0) is 0 Å². The minimum atomic E-state index is -0.239. The van der Waals surface area contributed by atoms with E-state index >= 15 is 0 Å². The van der Waals surface area contributed by atoms with Gasteiger partial charge in [0.05, 0.1) is 54.1 Å². The molecule has 1 amide bonds. The van der Waals surface area contributed by atoms with Gasteiger partial charge < -0.3 is 29.3 Å². The van der Waals surface area contributed by atoms with Gasteiger partial charge in [0.1, 0.15) is 0 Å². The Bertz CT molecular complexity index is 805. The summed E-state index contributed by atoms with van der Waals surface area (Å²) in [6.45, 7) is 7.85. The molecule has 29 heavy (non-hydrogen) atoms. The molecule has 0 radical (unpaired) electrons. The zero-order valence-electron chi connectivity index (χ0n) is 17.6. The Balaban J connectivity index is 1.69. The van der Waals surface area contributed by atoms with Crippen molar-refractivity contribution in [2.45, 2.75) is 6.92 Å². The van der Waals surface area contributed by atoms with Gasteiger partial charge in [0.2, 0.25) is 5.75 Å². The minimum absolute atomic E-state index is 0.239. The van der Waals surface area contributed by atoms with E-state index in [4.69, 9.17) is 14.2 Å². The van der Waals surface area contributed by atoms with E-state index in [1.54, 1.807) is 17.0 Å². The van der Waals surface area contributed by atoms with Crippen molar-refractivity contribution in [2.24, 2.45) is 0 Å². The second-order valence-electron chi connectivity index (χ2n) is 7.01. The van der Waals surface area contributed by atoms with Crippen molar-refractivity contribution in [3.05, 3.63) is 42.0 Å². The van der Waals surface area contributed by atoms with E-state index in [0.29, 0.717) is 22.8 Å². The third-order valence-electron chi connectivity index (χ3n) is 5.39. The minimum Gasteiger partial charge on any atom is -0.493 e. The third kappa shape index (κ3) is 4.74. The molecule has 0 saturated carbocycles. The Hall–Kier alpha value is -2.93. The van der Waals surface area contributed by atoms with Crippen LogP contribution in [0.2, 0.25) is 0 Å². The first-order valence-corrected chi connectivity index (χ1v) is 9.89. The molecule has 0 aromatic heterocycles. The van der Waals surface area contributed by atoms with Gasteiger partial charge in [-0.1, -0.05) is 0 Å². The summed E-state index contributed by atoms with van der Waals surface area (Å²) in [4.78, 5) is 16.8. The number of hydrogen-bond acceptors (Lipinski definition) is 5. The molecule has 7 nitrogen and oxygen atoms in total. The predicted molar refractivity (Wildman–Crippen MR) is 114 cm³/mol. The largest absolute Gasteiger partial charge is 0.493 e. The van der Waals surface area contributed by atoms with Crippen molar-refractivity contribution in [1.82, 2.24) is 0 Å². The van der Waals surface area contributed by atoms with E-state index in [1.807, 2.05) is 12.1 Å². The standard InChI is InChI=1S/C22H29N3O4/c1-5-24-10-12-25(13-11-24)18-8-6-17(7-9-18)23-22(26)16-14-19(27-2)21(29-4)20(15-16)28-3/h6-9,14-15H,5,10-13H2,1-4H3,(H,23,26)/p+1. The molecule has 2 aromatic carbocycles. The number of quaternary nitrogens is 1.